The fourth-order valence-corrected chi connectivity index (χ4v) is 1.88. The van der Waals surface area contributed by atoms with E-state index in [-0.39, 0.29) is 11.5 Å². The van der Waals surface area contributed by atoms with Gasteiger partial charge in [0.25, 0.3) is 0 Å². The van der Waals surface area contributed by atoms with Gasteiger partial charge in [0, 0.05) is 6.54 Å². The molecule has 0 radical (unpaired) electrons. The Morgan fingerprint density at radius 3 is 2.39 bits per heavy atom. The molecule has 1 rings (SSSR count). The van der Waals surface area contributed by atoms with Crippen molar-refractivity contribution in [3.05, 3.63) is 16.8 Å². The first-order valence-corrected chi connectivity index (χ1v) is 5.96. The molecule has 0 fully saturated rings. The van der Waals surface area contributed by atoms with Gasteiger partial charge in [0.2, 0.25) is 5.91 Å². The number of primary amides is 1. The van der Waals surface area contributed by atoms with Crippen molar-refractivity contribution in [2.75, 3.05) is 18.0 Å². The molecule has 0 bridgehead atoms. The molecule has 0 aliphatic rings. The minimum Gasteiger partial charge on any atom is -0.389 e. The van der Waals surface area contributed by atoms with Crippen molar-refractivity contribution in [3.63, 3.8) is 0 Å². The van der Waals surface area contributed by atoms with Crippen molar-refractivity contribution < 1.29 is 4.79 Å². The number of carbonyl (C=O) groups is 1. The molecule has 0 spiro atoms. The summed E-state index contributed by atoms with van der Waals surface area (Å²) in [6, 6.07) is 0. The number of nitrogens with zero attached hydrogens (tertiary/aromatic N) is 3. The third-order valence-electron chi connectivity index (χ3n) is 2.71. The normalized spacial score (nSPS) is 10.2. The molecular weight excluding hydrogens is 250 g/mol. The number of likely N-dealkylation sites (N-methyl/N-ethyl adjacent to an activating group) is 1. The van der Waals surface area contributed by atoms with Crippen molar-refractivity contribution in [3.8, 4) is 0 Å². The summed E-state index contributed by atoms with van der Waals surface area (Å²) in [5.41, 5.74) is 13.2. The van der Waals surface area contributed by atoms with Crippen LogP contribution in [0.3, 0.4) is 0 Å². The predicted molar refractivity (Wildman–Crippen MR) is 74.5 cm³/mol. The standard InChI is InChI=1S/C11H17N5OS/c1-4-16(5-8(12)17)11-9(10(13)18)6(2)7(3)14-15-11/h4-5H2,1-3H3,(H2,12,17)(H2,13,18). The highest BCUT2D eigenvalue weighted by molar-refractivity contribution is 7.80. The maximum atomic E-state index is 11.0. The Balaban J connectivity index is 3.34. The van der Waals surface area contributed by atoms with Crippen LogP contribution in [0.1, 0.15) is 23.7 Å². The number of carbonyl (C=O) groups excluding carboxylic acids is 1. The van der Waals surface area contributed by atoms with Gasteiger partial charge in [-0.1, -0.05) is 12.2 Å². The Bertz CT molecular complexity index is 489. The number of nitrogens with two attached hydrogens (primary N) is 2. The second kappa shape index (κ2) is 5.72. The quantitative estimate of drug-likeness (QED) is 0.731. The van der Waals surface area contributed by atoms with E-state index in [4.69, 9.17) is 23.7 Å². The molecule has 18 heavy (non-hydrogen) atoms. The molecule has 0 unspecified atom stereocenters. The van der Waals surface area contributed by atoms with Crippen LogP contribution in [-0.4, -0.2) is 34.2 Å². The molecule has 0 aliphatic carbocycles. The first kappa shape index (κ1) is 14.3. The SMILES string of the molecule is CCN(CC(N)=O)c1nnc(C)c(C)c1C(N)=S. The third kappa shape index (κ3) is 2.92. The molecule has 0 saturated carbocycles. The number of aryl methyl sites for hydroxylation is 1. The molecule has 98 valence electrons. The molecule has 4 N–H and O–H groups in total. The van der Waals surface area contributed by atoms with Gasteiger partial charge < -0.3 is 16.4 Å². The minimum absolute atomic E-state index is 0.0588. The highest BCUT2D eigenvalue weighted by Gasteiger charge is 2.19. The molecule has 1 aromatic heterocycles. The topological polar surface area (TPSA) is 98.1 Å². The summed E-state index contributed by atoms with van der Waals surface area (Å²) in [5.74, 6) is 0.0673. The zero-order chi connectivity index (χ0) is 13.9. The number of hydrogen-bond donors (Lipinski definition) is 2. The molecular formula is C11H17N5OS. The van der Waals surface area contributed by atoms with Crippen LogP contribution in [0.5, 0.6) is 0 Å². The van der Waals surface area contributed by atoms with E-state index < -0.39 is 5.91 Å². The van der Waals surface area contributed by atoms with E-state index in [9.17, 15) is 4.79 Å². The fourth-order valence-electron chi connectivity index (χ4n) is 1.64. The number of hydrogen-bond acceptors (Lipinski definition) is 5. The van der Waals surface area contributed by atoms with Gasteiger partial charge in [0.05, 0.1) is 17.8 Å². The van der Waals surface area contributed by atoms with Crippen molar-refractivity contribution >= 4 is 28.9 Å². The van der Waals surface area contributed by atoms with Crippen LogP contribution < -0.4 is 16.4 Å². The first-order valence-electron chi connectivity index (χ1n) is 5.55. The molecule has 7 heteroatoms. The number of aromatic nitrogens is 2. The molecule has 1 amide bonds. The van der Waals surface area contributed by atoms with Gasteiger partial charge in [-0.25, -0.2) is 0 Å². The second-order valence-corrected chi connectivity index (χ2v) is 4.39. The van der Waals surface area contributed by atoms with E-state index in [1.807, 2.05) is 20.8 Å². The van der Waals surface area contributed by atoms with Gasteiger partial charge in [-0.2, -0.15) is 5.10 Å². The first-order chi connectivity index (χ1) is 8.38. The molecule has 0 aliphatic heterocycles. The number of rotatable bonds is 5. The molecule has 1 heterocycles. The highest BCUT2D eigenvalue weighted by Crippen LogP contribution is 2.21. The summed E-state index contributed by atoms with van der Waals surface area (Å²) in [6.45, 7) is 6.22. The monoisotopic (exact) mass is 267 g/mol. The molecule has 1 aromatic rings. The largest absolute Gasteiger partial charge is 0.389 e. The maximum absolute atomic E-state index is 11.0. The van der Waals surface area contributed by atoms with Gasteiger partial charge in [-0.15, -0.1) is 5.10 Å². The third-order valence-corrected chi connectivity index (χ3v) is 2.91. The summed E-state index contributed by atoms with van der Waals surface area (Å²) in [7, 11) is 0. The Morgan fingerprint density at radius 2 is 1.94 bits per heavy atom. The van der Waals surface area contributed by atoms with Crippen molar-refractivity contribution in [2.45, 2.75) is 20.8 Å². The van der Waals surface area contributed by atoms with E-state index in [1.165, 1.54) is 0 Å². The average molecular weight is 267 g/mol. The lowest BCUT2D eigenvalue weighted by atomic mass is 10.1. The van der Waals surface area contributed by atoms with Crippen molar-refractivity contribution in [1.82, 2.24) is 10.2 Å². The molecule has 6 nitrogen and oxygen atoms in total. The highest BCUT2D eigenvalue weighted by atomic mass is 32.1. The van der Waals surface area contributed by atoms with E-state index in [2.05, 4.69) is 10.2 Å². The van der Waals surface area contributed by atoms with Crippen LogP contribution in [0.25, 0.3) is 0 Å². The maximum Gasteiger partial charge on any atom is 0.236 e. The fraction of sp³-hybridized carbons (Fsp3) is 0.455. The van der Waals surface area contributed by atoms with Crippen LogP contribution in [0.4, 0.5) is 5.82 Å². The van der Waals surface area contributed by atoms with E-state index in [0.717, 1.165) is 11.3 Å². The van der Waals surface area contributed by atoms with E-state index >= 15 is 0 Å². The lowest BCUT2D eigenvalue weighted by Crippen LogP contribution is -2.36. The van der Waals surface area contributed by atoms with Crippen molar-refractivity contribution in [1.29, 1.82) is 0 Å². The summed E-state index contributed by atoms with van der Waals surface area (Å²) >= 11 is 5.04. The lowest BCUT2D eigenvalue weighted by Gasteiger charge is -2.23. The number of amides is 1. The number of thiocarbonyl (C=S) groups is 1. The van der Waals surface area contributed by atoms with Gasteiger partial charge in [-0.3, -0.25) is 4.79 Å². The summed E-state index contributed by atoms with van der Waals surface area (Å²) in [5, 5.41) is 8.12. The molecule has 0 saturated heterocycles. The molecule has 0 atom stereocenters. The van der Waals surface area contributed by atoms with Crippen LogP contribution in [0.2, 0.25) is 0 Å². The van der Waals surface area contributed by atoms with Crippen LogP contribution in [-0.2, 0) is 4.79 Å². The van der Waals surface area contributed by atoms with Gasteiger partial charge >= 0.3 is 0 Å². The van der Waals surface area contributed by atoms with Gasteiger partial charge in [0.15, 0.2) is 5.82 Å². The van der Waals surface area contributed by atoms with E-state index in [1.54, 1.807) is 4.90 Å². The summed E-state index contributed by atoms with van der Waals surface area (Å²) < 4.78 is 0. The Hall–Kier alpha value is -1.76. The predicted octanol–water partition coefficient (Wildman–Crippen LogP) is 0.0392. The van der Waals surface area contributed by atoms with Gasteiger partial charge in [-0.05, 0) is 26.3 Å². The average Bonchev–Trinajstić information content (AvgIpc) is 2.28. The number of anilines is 1. The van der Waals surface area contributed by atoms with Crippen molar-refractivity contribution in [2.24, 2.45) is 11.5 Å². The summed E-state index contributed by atoms with van der Waals surface area (Å²) in [4.78, 5) is 13.0. The minimum atomic E-state index is -0.439. The molecule has 0 aromatic carbocycles. The smallest absolute Gasteiger partial charge is 0.236 e. The zero-order valence-corrected chi connectivity index (χ0v) is 11.5. The Kier molecular flexibility index (Phi) is 4.55. The lowest BCUT2D eigenvalue weighted by molar-refractivity contribution is -0.116. The van der Waals surface area contributed by atoms with Crippen LogP contribution in [0.15, 0.2) is 0 Å². The van der Waals surface area contributed by atoms with Gasteiger partial charge in [0.1, 0.15) is 4.99 Å². The van der Waals surface area contributed by atoms with E-state index in [0.29, 0.717) is 17.9 Å². The zero-order valence-electron chi connectivity index (χ0n) is 10.7. The Morgan fingerprint density at radius 1 is 1.33 bits per heavy atom. The Labute approximate surface area is 111 Å². The van der Waals surface area contributed by atoms with Crippen LogP contribution in [0, 0.1) is 13.8 Å². The van der Waals surface area contributed by atoms with Crippen LogP contribution >= 0.6 is 12.2 Å². The summed E-state index contributed by atoms with van der Waals surface area (Å²) in [6.07, 6.45) is 0. The second-order valence-electron chi connectivity index (χ2n) is 3.95.